The van der Waals surface area contributed by atoms with E-state index in [1.807, 2.05) is 0 Å². The molecule has 138 valence electrons. The fraction of sp³-hybridized carbons (Fsp3) is 0.278. The number of carbonyl (C=O) groups excluding carboxylic acids is 1. The summed E-state index contributed by atoms with van der Waals surface area (Å²) in [5.74, 6) is -1.15. The molecule has 3 rings (SSSR count). The molecule has 0 radical (unpaired) electrons. The van der Waals surface area contributed by atoms with Gasteiger partial charge in [0.05, 0.1) is 10.6 Å². The molecule has 0 atom stereocenters. The van der Waals surface area contributed by atoms with Crippen molar-refractivity contribution in [2.75, 3.05) is 18.4 Å². The van der Waals surface area contributed by atoms with Crippen molar-refractivity contribution in [3.63, 3.8) is 0 Å². The van der Waals surface area contributed by atoms with Crippen LogP contribution in [0.3, 0.4) is 0 Å². The Morgan fingerprint density at radius 2 is 1.69 bits per heavy atom. The standard InChI is InChI=1S/C18H18ClFN2O3S/c19-14-6-9-16(20)17(12-14)21-18(23)13-4-7-15(8-5-13)26(24,25)22-10-2-1-3-11-22/h4-9,12H,1-3,10-11H2,(H,21,23). The lowest BCUT2D eigenvalue weighted by atomic mass is 10.2. The van der Waals surface area contributed by atoms with Gasteiger partial charge in [0.15, 0.2) is 0 Å². The Kier molecular flexibility index (Phi) is 5.60. The van der Waals surface area contributed by atoms with Crippen molar-refractivity contribution in [2.45, 2.75) is 24.2 Å². The van der Waals surface area contributed by atoms with Gasteiger partial charge >= 0.3 is 0 Å². The fourth-order valence-electron chi connectivity index (χ4n) is 2.82. The van der Waals surface area contributed by atoms with Crippen LogP contribution in [0.2, 0.25) is 5.02 Å². The van der Waals surface area contributed by atoms with Crippen LogP contribution in [-0.4, -0.2) is 31.7 Å². The summed E-state index contributed by atoms with van der Waals surface area (Å²) < 4.78 is 40.4. The molecule has 0 spiro atoms. The maximum absolute atomic E-state index is 13.7. The summed E-state index contributed by atoms with van der Waals surface area (Å²) in [6.07, 6.45) is 2.74. The first-order valence-electron chi connectivity index (χ1n) is 8.24. The Bertz CT molecular complexity index is 911. The number of piperidine rings is 1. The first kappa shape index (κ1) is 18.8. The lowest BCUT2D eigenvalue weighted by Crippen LogP contribution is -2.35. The van der Waals surface area contributed by atoms with Crippen LogP contribution in [0, 0.1) is 5.82 Å². The lowest BCUT2D eigenvalue weighted by Gasteiger charge is -2.25. The van der Waals surface area contributed by atoms with E-state index in [9.17, 15) is 17.6 Å². The summed E-state index contributed by atoms with van der Waals surface area (Å²) in [5, 5.41) is 2.73. The van der Waals surface area contributed by atoms with Crippen LogP contribution >= 0.6 is 11.6 Å². The van der Waals surface area contributed by atoms with Crippen molar-refractivity contribution in [2.24, 2.45) is 0 Å². The van der Waals surface area contributed by atoms with Gasteiger partial charge < -0.3 is 5.32 Å². The molecule has 1 heterocycles. The average Bonchev–Trinajstić information content (AvgIpc) is 2.65. The molecular formula is C18H18ClFN2O3S. The molecule has 0 bridgehead atoms. The second kappa shape index (κ2) is 7.73. The SMILES string of the molecule is O=C(Nc1cc(Cl)ccc1F)c1ccc(S(=O)(=O)N2CCCCC2)cc1. The van der Waals surface area contributed by atoms with Crippen LogP contribution in [0.5, 0.6) is 0 Å². The molecule has 0 unspecified atom stereocenters. The van der Waals surface area contributed by atoms with Crippen LogP contribution in [0.15, 0.2) is 47.4 Å². The smallest absolute Gasteiger partial charge is 0.255 e. The maximum atomic E-state index is 13.7. The van der Waals surface area contributed by atoms with Gasteiger partial charge in [-0.25, -0.2) is 12.8 Å². The number of amides is 1. The van der Waals surface area contributed by atoms with Crippen LogP contribution < -0.4 is 5.32 Å². The largest absolute Gasteiger partial charge is 0.319 e. The summed E-state index contributed by atoms with van der Waals surface area (Å²) in [4.78, 5) is 12.4. The highest BCUT2D eigenvalue weighted by molar-refractivity contribution is 7.89. The van der Waals surface area contributed by atoms with Crippen molar-refractivity contribution in [1.82, 2.24) is 4.31 Å². The Morgan fingerprint density at radius 3 is 2.35 bits per heavy atom. The molecule has 1 saturated heterocycles. The van der Waals surface area contributed by atoms with Crippen LogP contribution in [-0.2, 0) is 10.0 Å². The highest BCUT2D eigenvalue weighted by Crippen LogP contribution is 2.22. The second-order valence-corrected chi connectivity index (χ2v) is 8.44. The monoisotopic (exact) mass is 396 g/mol. The highest BCUT2D eigenvalue weighted by atomic mass is 35.5. The van der Waals surface area contributed by atoms with E-state index < -0.39 is 21.7 Å². The number of hydrogen-bond acceptors (Lipinski definition) is 3. The predicted octanol–water partition coefficient (Wildman–Crippen LogP) is 3.91. The van der Waals surface area contributed by atoms with Crippen molar-refractivity contribution < 1.29 is 17.6 Å². The van der Waals surface area contributed by atoms with E-state index in [0.717, 1.165) is 25.3 Å². The van der Waals surface area contributed by atoms with Gasteiger partial charge in [-0.2, -0.15) is 4.31 Å². The first-order valence-corrected chi connectivity index (χ1v) is 10.1. The minimum absolute atomic E-state index is 0.0347. The van der Waals surface area contributed by atoms with Crippen molar-refractivity contribution >= 4 is 33.2 Å². The van der Waals surface area contributed by atoms with E-state index in [1.165, 1.54) is 40.7 Å². The lowest BCUT2D eigenvalue weighted by molar-refractivity contribution is 0.102. The number of sulfonamides is 1. The Hall–Kier alpha value is -1.96. The third kappa shape index (κ3) is 4.06. The zero-order valence-corrected chi connectivity index (χ0v) is 15.5. The van der Waals surface area contributed by atoms with Gasteiger partial charge in [-0.1, -0.05) is 18.0 Å². The van der Waals surface area contributed by atoms with Gasteiger partial charge in [0.25, 0.3) is 5.91 Å². The fourth-order valence-corrected chi connectivity index (χ4v) is 4.51. The maximum Gasteiger partial charge on any atom is 0.255 e. The van der Waals surface area contributed by atoms with Crippen LogP contribution in [0.25, 0.3) is 0 Å². The van der Waals surface area contributed by atoms with Gasteiger partial charge in [0.2, 0.25) is 10.0 Å². The van der Waals surface area contributed by atoms with Crippen molar-refractivity contribution in [3.05, 3.63) is 58.9 Å². The molecular weight excluding hydrogens is 379 g/mol. The first-order chi connectivity index (χ1) is 12.4. The van der Waals surface area contributed by atoms with E-state index >= 15 is 0 Å². The van der Waals surface area contributed by atoms with Gasteiger partial charge in [0, 0.05) is 23.7 Å². The summed E-state index contributed by atoms with van der Waals surface area (Å²) in [6, 6.07) is 9.46. The van der Waals surface area contributed by atoms with E-state index in [4.69, 9.17) is 11.6 Å². The number of nitrogens with one attached hydrogen (secondary N) is 1. The Labute approximate surface area is 156 Å². The zero-order chi connectivity index (χ0) is 18.7. The highest BCUT2D eigenvalue weighted by Gasteiger charge is 2.26. The zero-order valence-electron chi connectivity index (χ0n) is 13.9. The second-order valence-electron chi connectivity index (χ2n) is 6.07. The molecule has 1 N–H and O–H groups in total. The number of rotatable bonds is 4. The summed E-state index contributed by atoms with van der Waals surface area (Å²) in [7, 11) is -3.55. The normalized spacial score (nSPS) is 15.6. The molecule has 26 heavy (non-hydrogen) atoms. The molecule has 0 saturated carbocycles. The van der Waals surface area contributed by atoms with E-state index in [2.05, 4.69) is 5.32 Å². The molecule has 0 aliphatic carbocycles. The third-order valence-corrected chi connectivity index (χ3v) is 6.39. The number of halogens is 2. The number of nitrogens with zero attached hydrogens (tertiary/aromatic N) is 1. The molecule has 1 fully saturated rings. The number of carbonyl (C=O) groups is 1. The molecule has 5 nitrogen and oxygen atoms in total. The minimum Gasteiger partial charge on any atom is -0.319 e. The summed E-state index contributed by atoms with van der Waals surface area (Å²) in [6.45, 7) is 1.03. The molecule has 1 aliphatic heterocycles. The quantitative estimate of drug-likeness (QED) is 0.852. The molecule has 1 aliphatic rings. The molecule has 0 aromatic heterocycles. The van der Waals surface area contributed by atoms with Crippen LogP contribution in [0.4, 0.5) is 10.1 Å². The van der Waals surface area contributed by atoms with Gasteiger partial charge in [0.1, 0.15) is 5.82 Å². The van der Waals surface area contributed by atoms with E-state index in [0.29, 0.717) is 18.1 Å². The van der Waals surface area contributed by atoms with Gasteiger partial charge in [-0.15, -0.1) is 0 Å². The summed E-state index contributed by atoms with van der Waals surface area (Å²) >= 11 is 5.80. The molecule has 1 amide bonds. The van der Waals surface area contributed by atoms with Gasteiger partial charge in [-0.05, 0) is 55.3 Å². The number of hydrogen-bond donors (Lipinski definition) is 1. The van der Waals surface area contributed by atoms with E-state index in [-0.39, 0.29) is 16.1 Å². The Morgan fingerprint density at radius 1 is 1.04 bits per heavy atom. The predicted molar refractivity (Wildman–Crippen MR) is 98.4 cm³/mol. The van der Waals surface area contributed by atoms with Gasteiger partial charge in [-0.3, -0.25) is 4.79 Å². The van der Waals surface area contributed by atoms with Crippen molar-refractivity contribution in [3.8, 4) is 0 Å². The third-order valence-electron chi connectivity index (χ3n) is 4.25. The topological polar surface area (TPSA) is 66.5 Å². The molecule has 2 aromatic carbocycles. The number of benzene rings is 2. The number of anilines is 1. The molecule has 8 heteroatoms. The summed E-state index contributed by atoms with van der Waals surface area (Å²) in [5.41, 5.74) is 0.189. The minimum atomic E-state index is -3.55. The average molecular weight is 397 g/mol. The Balaban J connectivity index is 1.76. The molecule has 2 aromatic rings. The van der Waals surface area contributed by atoms with E-state index in [1.54, 1.807) is 0 Å². The van der Waals surface area contributed by atoms with Crippen LogP contribution in [0.1, 0.15) is 29.6 Å². The van der Waals surface area contributed by atoms with Crippen molar-refractivity contribution in [1.29, 1.82) is 0 Å².